The minimum atomic E-state index is 0.0249. The molecule has 0 fully saturated rings. The third-order valence-electron chi connectivity index (χ3n) is 21.8. The van der Waals surface area contributed by atoms with E-state index in [9.17, 15) is 0 Å². The highest BCUT2D eigenvalue weighted by Crippen LogP contribution is 2.33. The number of amidine groups is 3. The predicted octanol–water partition coefficient (Wildman–Crippen LogP) is 16.7. The van der Waals surface area contributed by atoms with Crippen molar-refractivity contribution in [3.8, 4) is 103 Å². The number of likely N-dealkylation sites (N-methyl/N-ethyl adjacent to an activating group) is 1. The molecule has 6 aromatic heterocycles. The van der Waals surface area contributed by atoms with Crippen molar-refractivity contribution in [3.05, 3.63) is 308 Å². The second-order valence-electron chi connectivity index (χ2n) is 31.0. The third-order valence-corrected chi connectivity index (χ3v) is 21.8. The van der Waals surface area contributed by atoms with E-state index in [4.69, 9.17) is 93.8 Å². The van der Waals surface area contributed by atoms with Crippen molar-refractivity contribution in [3.63, 3.8) is 0 Å². The Morgan fingerprint density at radius 2 is 0.554 bits per heavy atom. The molecular weight excluding hydrogens is 1630 g/mol. The number of fused-ring (bicyclic) bond motifs is 6. The first kappa shape index (κ1) is 86.7. The molecular formula is C101H98N22O7. The summed E-state index contributed by atoms with van der Waals surface area (Å²) in [7, 11) is 6.03. The normalized spacial score (nSPS) is 11.2. The summed E-state index contributed by atoms with van der Waals surface area (Å²) in [6.07, 6.45) is 0.742. The Hall–Kier alpha value is -16.8. The number of nitrogens with two attached hydrogens (primary N) is 6. The Balaban J connectivity index is 0.000000143. The van der Waals surface area contributed by atoms with E-state index in [1.54, 1.807) is 12.1 Å². The van der Waals surface area contributed by atoms with E-state index in [0.717, 1.165) is 205 Å². The SMILES string of the molecule is C=C(N)c1ccc2c(c1)nc(-c1ccc(OCCCOc3ccc(-c4nc5cc(C(=N)N)ccc5n4C)cc3)cc1)n2C.C=C(N)c1ccc2nc(-c3ccc(OCCN(C)CCOc4ccc(-c5nc6ccc(C(=N)N)cc6[nH]5)cc4)cc3)[nH]c2c1.C=C(N)c1ccc2nc(-c3ccc(OCCOCCOc4ccc(-c5nc6ccc(C(=N)N)cc6[nH]5)cc4)cc3)[nH]c2c1. The summed E-state index contributed by atoms with van der Waals surface area (Å²) in [5.41, 5.74) is 56.9. The average Bonchev–Trinajstić information content (AvgIpc) is 1.64. The van der Waals surface area contributed by atoms with Crippen LogP contribution in [0.25, 0.3) is 152 Å². The monoisotopic (exact) mass is 1730 g/mol. The van der Waals surface area contributed by atoms with Gasteiger partial charge in [-0.2, -0.15) is 0 Å². The molecule has 18 rings (SSSR count). The van der Waals surface area contributed by atoms with Gasteiger partial charge in [-0.3, -0.25) is 21.1 Å². The second kappa shape index (κ2) is 39.2. The molecule has 0 unspecified atom stereocenters. The molecule has 6 heterocycles. The van der Waals surface area contributed by atoms with Crippen molar-refractivity contribution >= 4 is 101 Å². The molecule has 29 heteroatoms. The van der Waals surface area contributed by atoms with E-state index in [0.29, 0.717) is 86.6 Å². The van der Waals surface area contributed by atoms with Crippen LogP contribution >= 0.6 is 0 Å². The van der Waals surface area contributed by atoms with Gasteiger partial charge in [0, 0.05) is 101 Å². The van der Waals surface area contributed by atoms with Crippen molar-refractivity contribution in [1.82, 2.24) is 63.9 Å². The van der Waals surface area contributed by atoms with Gasteiger partial charge in [-0.15, -0.1) is 0 Å². The molecule has 0 bridgehead atoms. The summed E-state index contributed by atoms with van der Waals surface area (Å²) in [4.78, 5) is 43.6. The first-order chi connectivity index (χ1) is 63.0. The first-order valence-corrected chi connectivity index (χ1v) is 42.0. The lowest BCUT2D eigenvalue weighted by molar-refractivity contribution is 0.0764. The van der Waals surface area contributed by atoms with Crippen molar-refractivity contribution in [2.75, 3.05) is 73.0 Å². The number of benzene rings is 12. The van der Waals surface area contributed by atoms with Gasteiger partial charge in [0.05, 0.1) is 92.6 Å². The number of aromatic nitrogens is 12. The molecule has 0 spiro atoms. The Bertz CT molecular complexity index is 6750. The number of nitrogen functional groups attached to an aromatic ring is 3. The van der Waals surface area contributed by atoms with E-state index in [1.807, 2.05) is 268 Å². The molecule has 0 amide bonds. The Morgan fingerprint density at radius 3 is 0.869 bits per heavy atom. The van der Waals surface area contributed by atoms with Gasteiger partial charge in [0.25, 0.3) is 0 Å². The molecule has 0 radical (unpaired) electrons. The van der Waals surface area contributed by atoms with Crippen molar-refractivity contribution in [2.24, 2.45) is 48.5 Å². The highest BCUT2D eigenvalue weighted by atomic mass is 16.5. The predicted molar refractivity (Wildman–Crippen MR) is 517 cm³/mol. The van der Waals surface area contributed by atoms with E-state index < -0.39 is 0 Å². The van der Waals surface area contributed by atoms with Gasteiger partial charge in [-0.25, -0.2) is 29.9 Å². The van der Waals surface area contributed by atoms with Gasteiger partial charge >= 0.3 is 0 Å². The number of nitrogens with zero attached hydrogens (tertiary/aromatic N) is 9. The third kappa shape index (κ3) is 20.7. The fraction of sp³-hybridized carbons (Fsp3) is 0.139. The van der Waals surface area contributed by atoms with Crippen molar-refractivity contribution < 1.29 is 33.2 Å². The summed E-state index contributed by atoms with van der Waals surface area (Å²) in [5, 5.41) is 22.9. The molecule has 0 saturated heterocycles. The maximum atomic E-state index is 7.67. The summed E-state index contributed by atoms with van der Waals surface area (Å²) in [5.74, 6) is 9.54. The van der Waals surface area contributed by atoms with Crippen LogP contribution in [-0.2, 0) is 18.8 Å². The number of nitrogens with one attached hydrogen (secondary N) is 7. The summed E-state index contributed by atoms with van der Waals surface area (Å²) in [6, 6.07) is 81.2. The number of H-pyrrole nitrogens is 4. The number of imidazole rings is 6. The maximum absolute atomic E-state index is 7.67. The topological polar surface area (TPSA) is 446 Å². The fourth-order valence-corrected chi connectivity index (χ4v) is 14.6. The summed E-state index contributed by atoms with van der Waals surface area (Å²) < 4.78 is 45.2. The van der Waals surface area contributed by atoms with Crippen LogP contribution in [0.4, 0.5) is 0 Å². The average molecular weight is 1730 g/mol. The maximum Gasteiger partial charge on any atom is 0.140 e. The number of aromatic amines is 4. The number of ether oxygens (including phenoxy) is 7. The Kier molecular flexibility index (Phi) is 26.1. The van der Waals surface area contributed by atoms with E-state index in [1.165, 1.54) is 0 Å². The smallest absolute Gasteiger partial charge is 0.140 e. The van der Waals surface area contributed by atoms with Gasteiger partial charge in [0.1, 0.15) is 113 Å². The van der Waals surface area contributed by atoms with Crippen LogP contribution in [0, 0.1) is 16.2 Å². The standard InChI is InChI=1S/C34H34N8O2.C34H33N7O2.C33H31N7O3/c1-21(35)24-7-13-28-30(19-24)40-33(38-28)22-3-9-26(10-4-22)43-17-15-42(2)16-18-44-27-11-5-23(6-12-27)34-39-29-14-8-25(32(36)37)20-31(29)41-34;1-21(35)24-9-15-30-28(19-24)38-33(40(30)2)22-5-11-26(12-6-22)42-17-4-18-43-27-13-7-23(8-14-27)34-39-29-20-25(32(36)37)10-16-31(29)41(34)3;1-20(34)23-6-12-27-29(18-23)39-32(37-27)21-2-8-25(9-3-21)42-16-14-41-15-17-43-26-10-4-22(5-11-26)33-38-28-13-7-24(31(35)36)19-30(28)40-33/h3-14,19-20H,1,15-18,35H2,2H3,(H3,36,37)(H,38,40)(H,39,41);5-16,19-20H,1,4,17-18,35H2,2-3H3,(H3,36,37);2-13,18-19H,1,14-17,34H2,(H3,35,36)(H,37,39)(H,38,40). The van der Waals surface area contributed by atoms with E-state index in [-0.39, 0.29) is 17.5 Å². The van der Waals surface area contributed by atoms with Crippen LogP contribution in [0.15, 0.2) is 275 Å². The summed E-state index contributed by atoms with van der Waals surface area (Å²) >= 11 is 0. The lowest BCUT2D eigenvalue weighted by Gasteiger charge is -2.17. The quantitative estimate of drug-likeness (QED) is 0.0101. The van der Waals surface area contributed by atoms with Gasteiger partial charge in [-0.05, 0) is 260 Å². The molecule has 0 aliphatic rings. The second-order valence-corrected chi connectivity index (χ2v) is 31.0. The summed E-state index contributed by atoms with van der Waals surface area (Å²) in [6.45, 7) is 16.9. The molecule has 0 aliphatic heterocycles. The highest BCUT2D eigenvalue weighted by Gasteiger charge is 2.18. The first-order valence-electron chi connectivity index (χ1n) is 42.0. The molecule has 130 heavy (non-hydrogen) atoms. The minimum absolute atomic E-state index is 0.0249. The number of hydrogen-bond acceptors (Lipinski definition) is 20. The molecule has 654 valence electrons. The molecule has 12 aromatic carbocycles. The van der Waals surface area contributed by atoms with Crippen LogP contribution in [0.3, 0.4) is 0 Å². The van der Waals surface area contributed by atoms with E-state index in [2.05, 4.69) is 69.1 Å². The lowest BCUT2D eigenvalue weighted by Crippen LogP contribution is -2.28. The van der Waals surface area contributed by atoms with Gasteiger partial charge in [0.15, 0.2) is 0 Å². The van der Waals surface area contributed by atoms with Gasteiger partial charge < -0.3 is 96.6 Å². The minimum Gasteiger partial charge on any atom is -0.493 e. The number of aryl methyl sites for hydroxylation is 2. The number of hydrogen-bond donors (Lipinski definition) is 13. The highest BCUT2D eigenvalue weighted by molar-refractivity contribution is 6.00. The fourth-order valence-electron chi connectivity index (χ4n) is 14.6. The molecule has 29 nitrogen and oxygen atoms in total. The van der Waals surface area contributed by atoms with Crippen molar-refractivity contribution in [1.29, 1.82) is 16.2 Å². The van der Waals surface area contributed by atoms with Crippen LogP contribution in [0.2, 0.25) is 0 Å². The molecule has 18 aromatic rings. The zero-order valence-electron chi connectivity index (χ0n) is 72.0. The lowest BCUT2D eigenvalue weighted by atomic mass is 10.1. The zero-order chi connectivity index (χ0) is 90.5. The molecule has 19 N–H and O–H groups in total. The van der Waals surface area contributed by atoms with Crippen LogP contribution in [-0.4, -0.2) is 154 Å². The Labute approximate surface area is 748 Å². The van der Waals surface area contributed by atoms with E-state index >= 15 is 0 Å². The molecule has 0 atom stereocenters. The van der Waals surface area contributed by atoms with Crippen LogP contribution in [0.1, 0.15) is 39.8 Å². The van der Waals surface area contributed by atoms with Gasteiger partial charge in [0.2, 0.25) is 0 Å². The van der Waals surface area contributed by atoms with Crippen LogP contribution in [0.5, 0.6) is 34.5 Å². The van der Waals surface area contributed by atoms with Crippen LogP contribution < -0.4 is 62.8 Å². The number of rotatable bonds is 34. The largest absolute Gasteiger partial charge is 0.493 e. The van der Waals surface area contributed by atoms with Gasteiger partial charge in [-0.1, -0.05) is 37.9 Å². The molecule has 0 aliphatic carbocycles. The Morgan fingerprint density at radius 1 is 0.300 bits per heavy atom. The zero-order valence-corrected chi connectivity index (χ0v) is 72.0. The molecule has 0 saturated carbocycles. The van der Waals surface area contributed by atoms with Crippen molar-refractivity contribution in [2.45, 2.75) is 6.42 Å².